The Balaban J connectivity index is 2.84. The van der Waals surface area contributed by atoms with E-state index in [0.29, 0.717) is 9.05 Å². The summed E-state index contributed by atoms with van der Waals surface area (Å²) in [4.78, 5) is 12.2. The highest BCUT2D eigenvalue weighted by Gasteiger charge is 2.09. The lowest BCUT2D eigenvalue weighted by molar-refractivity contribution is -0.116. The Hall–Kier alpha value is -0.490. The van der Waals surface area contributed by atoms with Gasteiger partial charge in [0.1, 0.15) is 0 Å². The summed E-state index contributed by atoms with van der Waals surface area (Å²) in [6.07, 6.45) is 0. The standard InChI is InChI=1S/C5H6BrN3OS/c1-3(10)9(2)5-8-7-4(6)11-5/h1-2H3. The Labute approximate surface area is 76.4 Å². The third-order valence-corrected chi connectivity index (χ3v) is 2.58. The second-order valence-corrected chi connectivity index (χ2v) is 4.15. The number of nitrogens with zero attached hydrogens (tertiary/aromatic N) is 3. The van der Waals surface area contributed by atoms with Gasteiger partial charge in [0.2, 0.25) is 11.0 Å². The zero-order valence-electron chi connectivity index (χ0n) is 6.04. The number of anilines is 1. The molecule has 0 atom stereocenters. The molecule has 0 saturated carbocycles. The Kier molecular flexibility index (Phi) is 2.56. The zero-order valence-corrected chi connectivity index (χ0v) is 8.44. The van der Waals surface area contributed by atoms with Crippen LogP contribution < -0.4 is 4.90 Å². The topological polar surface area (TPSA) is 46.1 Å². The van der Waals surface area contributed by atoms with Crippen LogP contribution in [-0.2, 0) is 4.79 Å². The maximum absolute atomic E-state index is 10.8. The minimum atomic E-state index is -0.0475. The molecule has 11 heavy (non-hydrogen) atoms. The lowest BCUT2D eigenvalue weighted by Crippen LogP contribution is -2.22. The molecule has 0 saturated heterocycles. The average molecular weight is 236 g/mol. The number of carbonyl (C=O) groups is 1. The maximum atomic E-state index is 10.8. The first kappa shape index (κ1) is 8.61. The van der Waals surface area contributed by atoms with Gasteiger partial charge < -0.3 is 0 Å². The number of hydrogen-bond donors (Lipinski definition) is 0. The van der Waals surface area contributed by atoms with Gasteiger partial charge in [-0.25, -0.2) is 0 Å². The van der Waals surface area contributed by atoms with Gasteiger partial charge in [-0.3, -0.25) is 9.69 Å². The lowest BCUT2D eigenvalue weighted by Gasteiger charge is -2.07. The van der Waals surface area contributed by atoms with E-state index in [1.165, 1.54) is 23.2 Å². The van der Waals surface area contributed by atoms with Gasteiger partial charge in [-0.05, 0) is 15.9 Å². The first-order valence-corrected chi connectivity index (χ1v) is 4.45. The average Bonchev–Trinajstić information content (AvgIpc) is 2.34. The molecule has 0 aliphatic heterocycles. The van der Waals surface area contributed by atoms with Crippen molar-refractivity contribution in [3.05, 3.63) is 3.92 Å². The van der Waals surface area contributed by atoms with Crippen molar-refractivity contribution >= 4 is 38.3 Å². The molecule has 0 aromatic carbocycles. The van der Waals surface area contributed by atoms with Crippen molar-refractivity contribution in [2.24, 2.45) is 0 Å². The van der Waals surface area contributed by atoms with Crippen molar-refractivity contribution in [2.45, 2.75) is 6.92 Å². The quantitative estimate of drug-likeness (QED) is 0.737. The van der Waals surface area contributed by atoms with Crippen molar-refractivity contribution < 1.29 is 4.79 Å². The van der Waals surface area contributed by atoms with Crippen molar-refractivity contribution in [3.63, 3.8) is 0 Å². The van der Waals surface area contributed by atoms with E-state index in [1.54, 1.807) is 7.05 Å². The van der Waals surface area contributed by atoms with Crippen LogP contribution in [0.25, 0.3) is 0 Å². The van der Waals surface area contributed by atoms with Crippen LogP contribution in [0, 0.1) is 0 Å². The van der Waals surface area contributed by atoms with E-state index in [0.717, 1.165) is 0 Å². The summed E-state index contributed by atoms with van der Waals surface area (Å²) in [6.45, 7) is 1.48. The van der Waals surface area contributed by atoms with Crippen LogP contribution >= 0.6 is 27.3 Å². The van der Waals surface area contributed by atoms with Crippen molar-refractivity contribution in [2.75, 3.05) is 11.9 Å². The van der Waals surface area contributed by atoms with Crippen LogP contribution in [0.3, 0.4) is 0 Å². The molecular formula is C5H6BrN3OS. The van der Waals surface area contributed by atoms with E-state index < -0.39 is 0 Å². The largest absolute Gasteiger partial charge is 0.290 e. The van der Waals surface area contributed by atoms with E-state index in [4.69, 9.17) is 0 Å². The van der Waals surface area contributed by atoms with Gasteiger partial charge in [-0.2, -0.15) is 0 Å². The minimum Gasteiger partial charge on any atom is -0.290 e. The van der Waals surface area contributed by atoms with Gasteiger partial charge in [0.25, 0.3) is 0 Å². The molecule has 1 rings (SSSR count). The molecule has 0 N–H and O–H groups in total. The minimum absolute atomic E-state index is 0.0475. The van der Waals surface area contributed by atoms with Crippen molar-refractivity contribution in [1.82, 2.24) is 10.2 Å². The number of carbonyl (C=O) groups excluding carboxylic acids is 1. The van der Waals surface area contributed by atoms with Gasteiger partial charge in [0.15, 0.2) is 3.92 Å². The fourth-order valence-electron chi connectivity index (χ4n) is 0.468. The van der Waals surface area contributed by atoms with Crippen LogP contribution in [0.2, 0.25) is 0 Å². The summed E-state index contributed by atoms with van der Waals surface area (Å²) in [5.41, 5.74) is 0. The highest BCUT2D eigenvalue weighted by molar-refractivity contribution is 9.11. The molecule has 0 radical (unpaired) electrons. The van der Waals surface area contributed by atoms with E-state index in [2.05, 4.69) is 26.1 Å². The molecular weight excluding hydrogens is 230 g/mol. The second kappa shape index (κ2) is 3.27. The molecule has 4 nitrogen and oxygen atoms in total. The van der Waals surface area contributed by atoms with Crippen molar-refractivity contribution in [3.8, 4) is 0 Å². The Morgan fingerprint density at radius 2 is 2.27 bits per heavy atom. The molecule has 1 aromatic rings. The smallest absolute Gasteiger partial charge is 0.225 e. The van der Waals surface area contributed by atoms with Crippen LogP contribution in [-0.4, -0.2) is 23.2 Å². The summed E-state index contributed by atoms with van der Waals surface area (Å²) < 4.78 is 0.681. The van der Waals surface area contributed by atoms with Crippen LogP contribution in [0.1, 0.15) is 6.92 Å². The maximum Gasteiger partial charge on any atom is 0.225 e. The molecule has 0 bridgehead atoms. The van der Waals surface area contributed by atoms with E-state index in [9.17, 15) is 4.79 Å². The summed E-state index contributed by atoms with van der Waals surface area (Å²) in [5, 5.41) is 8.08. The second-order valence-electron chi connectivity index (χ2n) is 1.92. The molecule has 0 unspecified atom stereocenters. The normalized spacial score (nSPS) is 9.73. The van der Waals surface area contributed by atoms with Gasteiger partial charge in [0.05, 0.1) is 0 Å². The molecule has 0 fully saturated rings. The summed E-state index contributed by atoms with van der Waals surface area (Å²) in [7, 11) is 1.66. The number of halogens is 1. The SMILES string of the molecule is CC(=O)N(C)c1nnc(Br)s1. The van der Waals surface area contributed by atoms with Crippen LogP contribution in [0.15, 0.2) is 3.92 Å². The molecule has 1 heterocycles. The summed E-state index contributed by atoms with van der Waals surface area (Å²) in [6, 6.07) is 0. The van der Waals surface area contributed by atoms with Gasteiger partial charge in [-0.15, -0.1) is 10.2 Å². The molecule has 0 aliphatic carbocycles. The lowest BCUT2D eigenvalue weighted by atomic mass is 10.6. The molecule has 0 spiro atoms. The number of aromatic nitrogens is 2. The zero-order chi connectivity index (χ0) is 8.43. The third kappa shape index (κ3) is 1.97. The molecule has 1 amide bonds. The summed E-state index contributed by atoms with van der Waals surface area (Å²) in [5.74, 6) is -0.0475. The van der Waals surface area contributed by atoms with Gasteiger partial charge in [0, 0.05) is 14.0 Å². The Morgan fingerprint density at radius 1 is 1.64 bits per heavy atom. The predicted octanol–water partition coefficient (Wildman–Crippen LogP) is 1.28. The number of rotatable bonds is 1. The van der Waals surface area contributed by atoms with Gasteiger partial charge >= 0.3 is 0 Å². The first-order chi connectivity index (χ1) is 5.11. The van der Waals surface area contributed by atoms with Crippen LogP contribution in [0.5, 0.6) is 0 Å². The third-order valence-electron chi connectivity index (χ3n) is 1.15. The highest BCUT2D eigenvalue weighted by atomic mass is 79.9. The Bertz CT molecular complexity index is 274. The van der Waals surface area contributed by atoms with Crippen LogP contribution in [0.4, 0.5) is 5.13 Å². The highest BCUT2D eigenvalue weighted by Crippen LogP contribution is 2.22. The number of amides is 1. The molecule has 0 aliphatic rings. The first-order valence-electron chi connectivity index (χ1n) is 2.84. The van der Waals surface area contributed by atoms with E-state index in [-0.39, 0.29) is 5.91 Å². The molecule has 6 heteroatoms. The van der Waals surface area contributed by atoms with Crippen molar-refractivity contribution in [1.29, 1.82) is 0 Å². The Morgan fingerprint density at radius 3 is 2.64 bits per heavy atom. The van der Waals surface area contributed by atoms with E-state index in [1.807, 2.05) is 0 Å². The fourth-order valence-corrected chi connectivity index (χ4v) is 1.56. The summed E-state index contributed by atoms with van der Waals surface area (Å²) >= 11 is 4.48. The molecule has 1 aromatic heterocycles. The number of hydrogen-bond acceptors (Lipinski definition) is 4. The van der Waals surface area contributed by atoms with E-state index >= 15 is 0 Å². The monoisotopic (exact) mass is 235 g/mol. The van der Waals surface area contributed by atoms with Gasteiger partial charge in [-0.1, -0.05) is 11.3 Å². The predicted molar refractivity (Wildman–Crippen MR) is 46.7 cm³/mol. The fraction of sp³-hybridized carbons (Fsp3) is 0.400. The molecule has 60 valence electrons.